The SMILES string of the molecule is Cc1cccc(-c2noc(CNC3CCS(=O)(=O)C3)n2)n1. The highest BCUT2D eigenvalue weighted by atomic mass is 32.2. The van der Waals surface area contributed by atoms with Crippen LogP contribution in [0.4, 0.5) is 0 Å². The van der Waals surface area contributed by atoms with Crippen molar-refractivity contribution in [3.8, 4) is 11.5 Å². The maximum absolute atomic E-state index is 11.4. The first-order valence-electron chi connectivity index (χ1n) is 6.72. The van der Waals surface area contributed by atoms with Crippen LogP contribution in [0.25, 0.3) is 11.5 Å². The van der Waals surface area contributed by atoms with Crippen LogP contribution < -0.4 is 5.32 Å². The summed E-state index contributed by atoms with van der Waals surface area (Å²) in [5.41, 5.74) is 1.54. The molecule has 21 heavy (non-hydrogen) atoms. The zero-order chi connectivity index (χ0) is 14.9. The molecule has 0 aromatic carbocycles. The van der Waals surface area contributed by atoms with Gasteiger partial charge in [0.1, 0.15) is 5.69 Å². The van der Waals surface area contributed by atoms with E-state index in [1.807, 2.05) is 25.1 Å². The molecule has 7 nitrogen and oxygen atoms in total. The topological polar surface area (TPSA) is 98.0 Å². The minimum Gasteiger partial charge on any atom is -0.337 e. The van der Waals surface area contributed by atoms with Crippen molar-refractivity contribution >= 4 is 9.84 Å². The molecule has 2 aromatic rings. The monoisotopic (exact) mass is 308 g/mol. The Balaban J connectivity index is 1.63. The zero-order valence-electron chi connectivity index (χ0n) is 11.6. The predicted octanol–water partition coefficient (Wildman–Crippen LogP) is 0.717. The van der Waals surface area contributed by atoms with Gasteiger partial charge in [0.05, 0.1) is 18.1 Å². The number of hydrogen-bond acceptors (Lipinski definition) is 7. The smallest absolute Gasteiger partial charge is 0.240 e. The van der Waals surface area contributed by atoms with Crippen LogP contribution >= 0.6 is 0 Å². The van der Waals surface area contributed by atoms with Gasteiger partial charge in [-0.1, -0.05) is 11.2 Å². The number of pyridine rings is 1. The summed E-state index contributed by atoms with van der Waals surface area (Å²) in [7, 11) is -2.88. The van der Waals surface area contributed by atoms with Crippen molar-refractivity contribution in [2.45, 2.75) is 25.9 Å². The molecule has 1 unspecified atom stereocenters. The summed E-state index contributed by atoms with van der Waals surface area (Å²) in [5, 5.41) is 7.03. The normalized spacial score (nSPS) is 20.7. The number of aromatic nitrogens is 3. The van der Waals surface area contributed by atoms with Crippen LogP contribution in [0.15, 0.2) is 22.7 Å². The second-order valence-electron chi connectivity index (χ2n) is 5.16. The van der Waals surface area contributed by atoms with Gasteiger partial charge in [-0.2, -0.15) is 4.98 Å². The number of hydrogen-bond donors (Lipinski definition) is 1. The third kappa shape index (κ3) is 3.45. The highest BCUT2D eigenvalue weighted by molar-refractivity contribution is 7.91. The second kappa shape index (κ2) is 5.53. The molecule has 3 heterocycles. The molecule has 0 amide bonds. The number of nitrogens with one attached hydrogen (secondary N) is 1. The van der Waals surface area contributed by atoms with E-state index < -0.39 is 9.84 Å². The van der Waals surface area contributed by atoms with Gasteiger partial charge in [-0.15, -0.1) is 0 Å². The molecule has 0 spiro atoms. The van der Waals surface area contributed by atoms with Crippen LogP contribution in [0.1, 0.15) is 18.0 Å². The van der Waals surface area contributed by atoms with Gasteiger partial charge in [0.2, 0.25) is 11.7 Å². The maximum atomic E-state index is 11.4. The van der Waals surface area contributed by atoms with E-state index in [0.717, 1.165) is 5.69 Å². The summed E-state index contributed by atoms with van der Waals surface area (Å²) in [6.07, 6.45) is 0.628. The number of nitrogens with zero attached hydrogens (tertiary/aromatic N) is 3. The quantitative estimate of drug-likeness (QED) is 0.888. The minimum atomic E-state index is -2.88. The van der Waals surface area contributed by atoms with Gasteiger partial charge >= 0.3 is 0 Å². The van der Waals surface area contributed by atoms with Gasteiger partial charge in [0.25, 0.3) is 0 Å². The lowest BCUT2D eigenvalue weighted by Gasteiger charge is -2.07. The second-order valence-corrected chi connectivity index (χ2v) is 7.39. The Hall–Kier alpha value is -1.80. The molecule has 112 valence electrons. The van der Waals surface area contributed by atoms with Crippen LogP contribution in [0.2, 0.25) is 0 Å². The van der Waals surface area contributed by atoms with Crippen LogP contribution in [-0.2, 0) is 16.4 Å². The summed E-state index contributed by atoms with van der Waals surface area (Å²) in [6.45, 7) is 2.26. The van der Waals surface area contributed by atoms with Crippen LogP contribution in [0.5, 0.6) is 0 Å². The zero-order valence-corrected chi connectivity index (χ0v) is 12.4. The first kappa shape index (κ1) is 14.2. The van der Waals surface area contributed by atoms with Gasteiger partial charge in [0.15, 0.2) is 9.84 Å². The Morgan fingerprint density at radius 1 is 1.38 bits per heavy atom. The summed E-state index contributed by atoms with van der Waals surface area (Å²) >= 11 is 0. The van der Waals surface area contributed by atoms with Gasteiger partial charge in [-0.25, -0.2) is 13.4 Å². The van der Waals surface area contributed by atoms with Crippen molar-refractivity contribution in [3.63, 3.8) is 0 Å². The minimum absolute atomic E-state index is 0.0394. The van der Waals surface area contributed by atoms with Crippen molar-refractivity contribution < 1.29 is 12.9 Å². The van der Waals surface area contributed by atoms with Crippen LogP contribution in [0.3, 0.4) is 0 Å². The Morgan fingerprint density at radius 3 is 2.95 bits per heavy atom. The Morgan fingerprint density at radius 2 is 2.24 bits per heavy atom. The fourth-order valence-corrected chi connectivity index (χ4v) is 3.99. The number of sulfone groups is 1. The number of aryl methyl sites for hydroxylation is 1. The van der Waals surface area contributed by atoms with Gasteiger partial charge < -0.3 is 9.84 Å². The first-order chi connectivity index (χ1) is 10.0. The van der Waals surface area contributed by atoms with Crippen molar-refractivity contribution in [2.75, 3.05) is 11.5 Å². The largest absolute Gasteiger partial charge is 0.337 e. The molecular formula is C13H16N4O3S. The summed E-state index contributed by atoms with van der Waals surface area (Å²) in [6, 6.07) is 5.56. The van der Waals surface area contributed by atoms with E-state index in [4.69, 9.17) is 4.52 Å². The van der Waals surface area contributed by atoms with Crippen molar-refractivity contribution in [3.05, 3.63) is 29.8 Å². The molecule has 1 N–H and O–H groups in total. The highest BCUT2D eigenvalue weighted by Gasteiger charge is 2.27. The third-order valence-corrected chi connectivity index (χ3v) is 5.13. The van der Waals surface area contributed by atoms with E-state index in [-0.39, 0.29) is 17.5 Å². The lowest BCUT2D eigenvalue weighted by Crippen LogP contribution is -2.29. The molecule has 1 fully saturated rings. The Bertz CT molecular complexity index is 741. The van der Waals surface area contributed by atoms with E-state index in [9.17, 15) is 8.42 Å². The molecule has 0 radical (unpaired) electrons. The molecule has 8 heteroatoms. The molecule has 2 aromatic heterocycles. The predicted molar refractivity (Wildman–Crippen MR) is 76.2 cm³/mol. The molecule has 0 bridgehead atoms. The molecule has 1 aliphatic heterocycles. The van der Waals surface area contributed by atoms with E-state index in [0.29, 0.717) is 30.4 Å². The van der Waals surface area contributed by atoms with Crippen molar-refractivity contribution in [1.29, 1.82) is 0 Å². The van der Waals surface area contributed by atoms with E-state index in [2.05, 4.69) is 20.4 Å². The highest BCUT2D eigenvalue weighted by Crippen LogP contribution is 2.15. The number of rotatable bonds is 4. The van der Waals surface area contributed by atoms with E-state index in [1.54, 1.807) is 0 Å². The Kier molecular flexibility index (Phi) is 3.73. The molecular weight excluding hydrogens is 292 g/mol. The van der Waals surface area contributed by atoms with Crippen LogP contribution in [-0.4, -0.2) is 41.1 Å². The average molecular weight is 308 g/mol. The molecule has 0 saturated carbocycles. The summed E-state index contributed by atoms with van der Waals surface area (Å²) < 4.78 is 27.9. The third-order valence-electron chi connectivity index (χ3n) is 3.36. The van der Waals surface area contributed by atoms with Gasteiger partial charge in [0, 0.05) is 11.7 Å². The van der Waals surface area contributed by atoms with Gasteiger partial charge in [-0.05, 0) is 25.5 Å². The Labute approximate surface area is 122 Å². The molecule has 1 atom stereocenters. The molecule has 1 aliphatic rings. The molecule has 3 rings (SSSR count). The van der Waals surface area contributed by atoms with Crippen molar-refractivity contribution in [2.24, 2.45) is 0 Å². The fraction of sp³-hybridized carbons (Fsp3) is 0.462. The first-order valence-corrected chi connectivity index (χ1v) is 8.54. The molecule has 0 aliphatic carbocycles. The average Bonchev–Trinajstić information content (AvgIpc) is 3.03. The molecule has 1 saturated heterocycles. The fourth-order valence-electron chi connectivity index (χ4n) is 2.29. The van der Waals surface area contributed by atoms with E-state index in [1.165, 1.54) is 0 Å². The van der Waals surface area contributed by atoms with E-state index >= 15 is 0 Å². The lowest BCUT2D eigenvalue weighted by molar-refractivity contribution is 0.360. The van der Waals surface area contributed by atoms with Crippen LogP contribution in [0, 0.1) is 6.92 Å². The van der Waals surface area contributed by atoms with Gasteiger partial charge in [-0.3, -0.25) is 0 Å². The standard InChI is InChI=1S/C13H16N4O3S/c1-9-3-2-4-11(15-9)13-16-12(20-17-13)7-14-10-5-6-21(18,19)8-10/h2-4,10,14H,5-8H2,1H3. The summed E-state index contributed by atoms with van der Waals surface area (Å²) in [4.78, 5) is 8.60. The lowest BCUT2D eigenvalue weighted by atomic mass is 10.2. The maximum Gasteiger partial charge on any atom is 0.240 e. The summed E-state index contributed by atoms with van der Waals surface area (Å²) in [5.74, 6) is 1.28. The van der Waals surface area contributed by atoms with Crippen molar-refractivity contribution in [1.82, 2.24) is 20.4 Å².